The minimum atomic E-state index is -0.0354. The maximum atomic E-state index is 11.0. The van der Waals surface area contributed by atoms with Gasteiger partial charge in [0.25, 0.3) is 0 Å². The lowest BCUT2D eigenvalue weighted by atomic mass is 10.4. The number of hydrogen-bond donors (Lipinski definition) is 1. The van der Waals surface area contributed by atoms with Gasteiger partial charge in [-0.2, -0.15) is 0 Å². The van der Waals surface area contributed by atoms with Crippen LogP contribution in [-0.4, -0.2) is 22.5 Å². The highest BCUT2D eigenvalue weighted by atomic mass is 16.1. The van der Waals surface area contributed by atoms with E-state index in [4.69, 9.17) is 0 Å². The number of nitrogens with zero attached hydrogens (tertiary/aromatic N) is 2. The summed E-state index contributed by atoms with van der Waals surface area (Å²) in [6.07, 6.45) is 2.74. The van der Waals surface area contributed by atoms with Gasteiger partial charge in [0.2, 0.25) is 5.91 Å². The molecular weight excluding hydrogens is 154 g/mol. The summed E-state index contributed by atoms with van der Waals surface area (Å²) >= 11 is 0. The lowest BCUT2D eigenvalue weighted by Gasteiger charge is -2.02. The highest BCUT2D eigenvalue weighted by Gasteiger charge is 2.05. The van der Waals surface area contributed by atoms with E-state index in [1.807, 2.05) is 13.8 Å². The second kappa shape index (κ2) is 3.38. The zero-order valence-electron chi connectivity index (χ0n) is 7.51. The van der Waals surface area contributed by atoms with Crippen LogP contribution in [0.25, 0.3) is 0 Å². The Kier molecular flexibility index (Phi) is 2.47. The third-order valence-corrected chi connectivity index (χ3v) is 1.85. The van der Waals surface area contributed by atoms with Crippen LogP contribution in [0, 0.1) is 20.2 Å². The molecule has 12 heavy (non-hydrogen) atoms. The van der Waals surface area contributed by atoms with Crippen molar-refractivity contribution >= 4 is 5.91 Å². The van der Waals surface area contributed by atoms with Crippen LogP contribution >= 0.6 is 0 Å². The summed E-state index contributed by atoms with van der Waals surface area (Å²) < 4.78 is 1.70. The SMILES string of the molecule is CNC(=O)Cn1[c]nc(C)c1C. The molecule has 0 aliphatic rings. The molecule has 1 aromatic heterocycles. The summed E-state index contributed by atoms with van der Waals surface area (Å²) in [7, 11) is 1.61. The smallest absolute Gasteiger partial charge is 0.239 e. The minimum absolute atomic E-state index is 0.0354. The van der Waals surface area contributed by atoms with Gasteiger partial charge in [0.05, 0.1) is 5.69 Å². The molecule has 0 fully saturated rings. The minimum Gasteiger partial charge on any atom is -0.358 e. The van der Waals surface area contributed by atoms with E-state index >= 15 is 0 Å². The molecule has 4 nitrogen and oxygen atoms in total. The van der Waals surface area contributed by atoms with Crippen LogP contribution in [0.3, 0.4) is 0 Å². The summed E-state index contributed by atoms with van der Waals surface area (Å²) in [5.74, 6) is -0.0354. The molecule has 1 radical (unpaired) electrons. The molecule has 4 heteroatoms. The summed E-state index contributed by atoms with van der Waals surface area (Å²) in [4.78, 5) is 14.9. The number of aromatic nitrogens is 2. The van der Waals surface area contributed by atoms with Crippen molar-refractivity contribution in [1.29, 1.82) is 0 Å². The fourth-order valence-corrected chi connectivity index (χ4v) is 0.863. The van der Waals surface area contributed by atoms with E-state index in [2.05, 4.69) is 16.6 Å². The Bertz CT molecular complexity index is 290. The molecular formula is C8H12N3O. The third-order valence-electron chi connectivity index (χ3n) is 1.85. The van der Waals surface area contributed by atoms with Gasteiger partial charge in [-0.15, -0.1) is 0 Å². The van der Waals surface area contributed by atoms with Crippen LogP contribution in [0.15, 0.2) is 0 Å². The van der Waals surface area contributed by atoms with Crippen molar-refractivity contribution in [2.24, 2.45) is 0 Å². The number of rotatable bonds is 2. The molecule has 1 N–H and O–H groups in total. The van der Waals surface area contributed by atoms with Crippen molar-refractivity contribution in [3.8, 4) is 0 Å². The zero-order valence-corrected chi connectivity index (χ0v) is 7.51. The number of aryl methyl sites for hydroxylation is 1. The molecule has 0 bridgehead atoms. The number of amides is 1. The Morgan fingerprint density at radius 3 is 2.75 bits per heavy atom. The first-order chi connectivity index (χ1) is 5.65. The lowest BCUT2D eigenvalue weighted by Crippen LogP contribution is -2.23. The third kappa shape index (κ3) is 1.64. The topological polar surface area (TPSA) is 46.9 Å². The monoisotopic (exact) mass is 166 g/mol. The molecule has 0 aliphatic heterocycles. The number of hydrogen-bond acceptors (Lipinski definition) is 2. The highest BCUT2D eigenvalue weighted by molar-refractivity contribution is 5.75. The van der Waals surface area contributed by atoms with Crippen molar-refractivity contribution in [3.63, 3.8) is 0 Å². The van der Waals surface area contributed by atoms with Gasteiger partial charge in [-0.3, -0.25) is 4.79 Å². The van der Waals surface area contributed by atoms with E-state index in [0.29, 0.717) is 6.54 Å². The normalized spacial score (nSPS) is 9.92. The molecule has 1 heterocycles. The Morgan fingerprint density at radius 2 is 2.33 bits per heavy atom. The zero-order chi connectivity index (χ0) is 9.14. The molecule has 1 aromatic rings. The van der Waals surface area contributed by atoms with Crippen LogP contribution in [0.4, 0.5) is 0 Å². The molecule has 0 saturated heterocycles. The molecule has 65 valence electrons. The molecule has 0 aliphatic carbocycles. The Hall–Kier alpha value is -1.32. The number of nitrogens with one attached hydrogen (secondary N) is 1. The predicted molar refractivity (Wildman–Crippen MR) is 44.6 cm³/mol. The van der Waals surface area contributed by atoms with Crippen LogP contribution < -0.4 is 5.32 Å². The summed E-state index contributed by atoms with van der Waals surface area (Å²) in [6, 6.07) is 0. The Labute approximate surface area is 71.6 Å². The first-order valence-electron chi connectivity index (χ1n) is 3.77. The van der Waals surface area contributed by atoms with Crippen molar-refractivity contribution in [2.45, 2.75) is 20.4 Å². The van der Waals surface area contributed by atoms with Gasteiger partial charge < -0.3 is 9.88 Å². The summed E-state index contributed by atoms with van der Waals surface area (Å²) in [5.41, 5.74) is 1.90. The number of carbonyl (C=O) groups is 1. The molecule has 0 spiro atoms. The van der Waals surface area contributed by atoms with Gasteiger partial charge in [-0.25, -0.2) is 4.98 Å². The fourth-order valence-electron chi connectivity index (χ4n) is 0.863. The number of likely N-dealkylation sites (N-methyl/N-ethyl adjacent to an activating group) is 1. The van der Waals surface area contributed by atoms with Crippen molar-refractivity contribution < 1.29 is 4.79 Å². The van der Waals surface area contributed by atoms with Crippen molar-refractivity contribution in [3.05, 3.63) is 17.7 Å². The van der Waals surface area contributed by atoms with Gasteiger partial charge in [0.15, 0.2) is 6.33 Å². The van der Waals surface area contributed by atoms with Crippen molar-refractivity contribution in [2.75, 3.05) is 7.05 Å². The molecule has 0 atom stereocenters. The van der Waals surface area contributed by atoms with Gasteiger partial charge >= 0.3 is 0 Å². The predicted octanol–water partition coefficient (Wildman–Crippen LogP) is 0.0461. The maximum absolute atomic E-state index is 11.0. The van der Waals surface area contributed by atoms with Crippen LogP contribution in [-0.2, 0) is 11.3 Å². The summed E-state index contributed by atoms with van der Waals surface area (Å²) in [6.45, 7) is 4.11. The highest BCUT2D eigenvalue weighted by Crippen LogP contribution is 2.02. The van der Waals surface area contributed by atoms with Gasteiger partial charge in [0.1, 0.15) is 6.54 Å². The second-order valence-corrected chi connectivity index (χ2v) is 2.64. The van der Waals surface area contributed by atoms with Gasteiger partial charge in [-0.05, 0) is 13.8 Å². The van der Waals surface area contributed by atoms with Crippen LogP contribution in [0.5, 0.6) is 0 Å². The average Bonchev–Trinajstić information content (AvgIpc) is 2.36. The number of imidazole rings is 1. The Morgan fingerprint density at radius 1 is 1.67 bits per heavy atom. The van der Waals surface area contributed by atoms with E-state index in [-0.39, 0.29) is 5.91 Å². The molecule has 0 saturated carbocycles. The summed E-state index contributed by atoms with van der Waals surface area (Å²) in [5, 5.41) is 2.54. The van der Waals surface area contributed by atoms with E-state index in [9.17, 15) is 4.79 Å². The molecule has 0 unspecified atom stereocenters. The van der Waals surface area contributed by atoms with E-state index < -0.39 is 0 Å². The second-order valence-electron chi connectivity index (χ2n) is 2.64. The van der Waals surface area contributed by atoms with Gasteiger partial charge in [-0.1, -0.05) is 0 Å². The standard InChI is InChI=1S/C8H12N3O/c1-6-7(2)11(5-10-6)4-8(12)9-3/h4H2,1-3H3,(H,9,12). The van der Waals surface area contributed by atoms with E-state index in [1.54, 1.807) is 11.6 Å². The van der Waals surface area contributed by atoms with E-state index in [1.165, 1.54) is 0 Å². The maximum Gasteiger partial charge on any atom is 0.239 e. The van der Waals surface area contributed by atoms with Crippen LogP contribution in [0.1, 0.15) is 11.4 Å². The van der Waals surface area contributed by atoms with Gasteiger partial charge in [0, 0.05) is 12.7 Å². The number of carbonyl (C=O) groups excluding carboxylic acids is 1. The largest absolute Gasteiger partial charge is 0.358 e. The van der Waals surface area contributed by atoms with Crippen molar-refractivity contribution in [1.82, 2.24) is 14.9 Å². The van der Waals surface area contributed by atoms with Crippen LogP contribution in [0.2, 0.25) is 0 Å². The van der Waals surface area contributed by atoms with E-state index in [0.717, 1.165) is 11.4 Å². The Balaban J connectivity index is 2.76. The quantitative estimate of drug-likeness (QED) is 0.674. The fraction of sp³-hybridized carbons (Fsp3) is 0.500. The average molecular weight is 166 g/mol. The lowest BCUT2D eigenvalue weighted by molar-refractivity contribution is -0.121. The molecule has 1 amide bonds. The molecule has 1 rings (SSSR count). The first kappa shape index (κ1) is 8.77. The first-order valence-corrected chi connectivity index (χ1v) is 3.77. The molecule has 0 aromatic carbocycles.